The maximum Gasteiger partial charge on any atom is 0.209 e. The Morgan fingerprint density at radius 1 is 1.33 bits per heavy atom. The molecule has 18 heavy (non-hydrogen) atoms. The van der Waals surface area contributed by atoms with Gasteiger partial charge >= 0.3 is 0 Å². The van der Waals surface area contributed by atoms with Gasteiger partial charge in [0.2, 0.25) is 6.41 Å². The molecular formula is C13H28N2O3. The Kier molecular flexibility index (Phi) is 9.92. The molecule has 0 saturated heterocycles. The Labute approximate surface area is 111 Å². The molecule has 0 aliphatic rings. The maximum absolute atomic E-state index is 10.9. The summed E-state index contributed by atoms with van der Waals surface area (Å²) in [6.07, 6.45) is 2.42. The summed E-state index contributed by atoms with van der Waals surface area (Å²) in [6.45, 7) is 6.74. The molecule has 0 aliphatic heterocycles. The van der Waals surface area contributed by atoms with Crippen molar-refractivity contribution in [3.63, 3.8) is 0 Å². The summed E-state index contributed by atoms with van der Waals surface area (Å²) in [5, 5.41) is 9.74. The molecule has 0 aliphatic carbocycles. The van der Waals surface area contributed by atoms with E-state index >= 15 is 0 Å². The van der Waals surface area contributed by atoms with Gasteiger partial charge in [0, 0.05) is 33.3 Å². The van der Waals surface area contributed by atoms with E-state index < -0.39 is 6.10 Å². The van der Waals surface area contributed by atoms with Gasteiger partial charge in [0.05, 0.1) is 12.7 Å². The van der Waals surface area contributed by atoms with E-state index in [9.17, 15) is 9.90 Å². The molecule has 0 aromatic heterocycles. The Hall–Kier alpha value is -0.650. The standard InChI is InChI=1S/C13H28N2O3/c1-5-7-12(14(3)11-16)8-15(6-2)9-13(17)10-18-4/h11-13,17H,5-10H2,1-4H3/t12-,13?/m1/s1. The first-order valence-corrected chi connectivity index (χ1v) is 6.65. The zero-order chi connectivity index (χ0) is 14.0. The van der Waals surface area contributed by atoms with E-state index in [0.29, 0.717) is 13.2 Å². The molecule has 1 N–H and O–H groups in total. The fourth-order valence-electron chi connectivity index (χ4n) is 2.02. The monoisotopic (exact) mass is 260 g/mol. The third-order valence-corrected chi connectivity index (χ3v) is 3.11. The number of methoxy groups -OCH3 is 1. The molecule has 0 aromatic carbocycles. The van der Waals surface area contributed by atoms with Gasteiger partial charge in [-0.2, -0.15) is 0 Å². The minimum absolute atomic E-state index is 0.210. The summed E-state index contributed by atoms with van der Waals surface area (Å²) in [4.78, 5) is 14.7. The predicted molar refractivity (Wildman–Crippen MR) is 72.5 cm³/mol. The smallest absolute Gasteiger partial charge is 0.209 e. The van der Waals surface area contributed by atoms with Crippen LogP contribution in [0.25, 0.3) is 0 Å². The minimum Gasteiger partial charge on any atom is -0.389 e. The summed E-state index contributed by atoms with van der Waals surface area (Å²) < 4.78 is 4.93. The zero-order valence-electron chi connectivity index (χ0n) is 12.1. The first-order valence-electron chi connectivity index (χ1n) is 6.65. The number of carbonyl (C=O) groups excluding carboxylic acids is 1. The largest absolute Gasteiger partial charge is 0.389 e. The third kappa shape index (κ3) is 6.93. The summed E-state index contributed by atoms with van der Waals surface area (Å²) in [7, 11) is 3.40. The number of amides is 1. The van der Waals surface area contributed by atoms with E-state index in [4.69, 9.17) is 4.74 Å². The number of carbonyl (C=O) groups is 1. The summed E-state index contributed by atoms with van der Waals surface area (Å²) in [6, 6.07) is 0.210. The molecule has 0 fully saturated rings. The number of nitrogens with zero attached hydrogens (tertiary/aromatic N) is 2. The number of aliphatic hydroxyl groups is 1. The molecule has 0 rings (SSSR count). The Bertz CT molecular complexity index is 214. The van der Waals surface area contributed by atoms with Crippen molar-refractivity contribution < 1.29 is 14.6 Å². The van der Waals surface area contributed by atoms with Crippen molar-refractivity contribution >= 4 is 6.41 Å². The Balaban J connectivity index is 4.31. The summed E-state index contributed by atoms with van der Waals surface area (Å²) >= 11 is 0. The van der Waals surface area contributed by atoms with Gasteiger partial charge in [-0.1, -0.05) is 20.3 Å². The van der Waals surface area contributed by atoms with E-state index in [1.807, 2.05) is 7.05 Å². The first kappa shape index (κ1) is 17.4. The van der Waals surface area contributed by atoms with Crippen molar-refractivity contribution in [1.29, 1.82) is 0 Å². The van der Waals surface area contributed by atoms with Crippen LogP contribution in [0.15, 0.2) is 0 Å². The molecule has 0 heterocycles. The highest BCUT2D eigenvalue weighted by atomic mass is 16.5. The second-order valence-electron chi connectivity index (χ2n) is 4.67. The first-order chi connectivity index (χ1) is 8.58. The van der Waals surface area contributed by atoms with E-state index in [1.54, 1.807) is 12.0 Å². The van der Waals surface area contributed by atoms with Gasteiger partial charge in [-0.05, 0) is 13.0 Å². The van der Waals surface area contributed by atoms with Crippen LogP contribution in [-0.2, 0) is 9.53 Å². The second kappa shape index (κ2) is 10.3. The van der Waals surface area contributed by atoms with Gasteiger partial charge in [-0.15, -0.1) is 0 Å². The Morgan fingerprint density at radius 2 is 2.00 bits per heavy atom. The van der Waals surface area contributed by atoms with E-state index in [1.165, 1.54) is 0 Å². The lowest BCUT2D eigenvalue weighted by atomic mass is 10.1. The van der Waals surface area contributed by atoms with Gasteiger partial charge in [0.25, 0.3) is 0 Å². The molecule has 0 saturated carbocycles. The van der Waals surface area contributed by atoms with Crippen molar-refractivity contribution in [2.75, 3.05) is 40.4 Å². The van der Waals surface area contributed by atoms with Gasteiger partial charge in [-0.25, -0.2) is 0 Å². The lowest BCUT2D eigenvalue weighted by Crippen LogP contribution is -2.44. The average molecular weight is 260 g/mol. The molecule has 0 bridgehead atoms. The molecule has 0 aromatic rings. The van der Waals surface area contributed by atoms with Crippen LogP contribution in [-0.4, -0.2) is 73.9 Å². The van der Waals surface area contributed by atoms with E-state index in [0.717, 1.165) is 32.3 Å². The minimum atomic E-state index is -0.473. The molecule has 108 valence electrons. The van der Waals surface area contributed by atoms with Crippen LogP contribution in [0.1, 0.15) is 26.7 Å². The number of likely N-dealkylation sites (N-methyl/N-ethyl adjacent to an activating group) is 2. The molecule has 5 nitrogen and oxygen atoms in total. The Morgan fingerprint density at radius 3 is 2.44 bits per heavy atom. The fourth-order valence-corrected chi connectivity index (χ4v) is 2.02. The van der Waals surface area contributed by atoms with Gasteiger partial charge in [0.15, 0.2) is 0 Å². The van der Waals surface area contributed by atoms with Gasteiger partial charge in [-0.3, -0.25) is 9.69 Å². The van der Waals surface area contributed by atoms with Crippen LogP contribution in [0.3, 0.4) is 0 Å². The number of ether oxygens (including phenoxy) is 1. The number of rotatable bonds is 11. The zero-order valence-corrected chi connectivity index (χ0v) is 12.1. The van der Waals surface area contributed by atoms with Crippen LogP contribution in [0.5, 0.6) is 0 Å². The van der Waals surface area contributed by atoms with Crippen molar-refractivity contribution in [1.82, 2.24) is 9.80 Å². The number of hydrogen-bond donors (Lipinski definition) is 1. The van der Waals surface area contributed by atoms with Crippen molar-refractivity contribution in [3.8, 4) is 0 Å². The highest BCUT2D eigenvalue weighted by molar-refractivity contribution is 5.47. The third-order valence-electron chi connectivity index (χ3n) is 3.11. The highest BCUT2D eigenvalue weighted by Gasteiger charge is 2.18. The van der Waals surface area contributed by atoms with Crippen LogP contribution < -0.4 is 0 Å². The topological polar surface area (TPSA) is 53.0 Å². The molecule has 1 unspecified atom stereocenters. The number of hydrogen-bond acceptors (Lipinski definition) is 4. The lowest BCUT2D eigenvalue weighted by molar-refractivity contribution is -0.119. The molecule has 2 atom stereocenters. The van der Waals surface area contributed by atoms with Gasteiger partial charge in [0.1, 0.15) is 0 Å². The van der Waals surface area contributed by atoms with Crippen molar-refractivity contribution in [2.24, 2.45) is 0 Å². The van der Waals surface area contributed by atoms with Crippen LogP contribution in [0, 0.1) is 0 Å². The van der Waals surface area contributed by atoms with Crippen molar-refractivity contribution in [3.05, 3.63) is 0 Å². The predicted octanol–water partition coefficient (Wildman–Crippen LogP) is 0.573. The highest BCUT2D eigenvalue weighted by Crippen LogP contribution is 2.07. The molecule has 0 spiro atoms. The van der Waals surface area contributed by atoms with E-state index in [2.05, 4.69) is 18.7 Å². The molecule has 5 heteroatoms. The fraction of sp³-hybridized carbons (Fsp3) is 0.923. The normalized spacial score (nSPS) is 14.6. The van der Waals surface area contributed by atoms with Crippen LogP contribution in [0.2, 0.25) is 0 Å². The average Bonchev–Trinajstić information content (AvgIpc) is 2.36. The van der Waals surface area contributed by atoms with Crippen molar-refractivity contribution in [2.45, 2.75) is 38.8 Å². The SMILES string of the molecule is CCC[C@H](CN(CC)CC(O)COC)N(C)C=O. The van der Waals surface area contributed by atoms with Crippen LogP contribution >= 0.6 is 0 Å². The number of aliphatic hydroxyl groups excluding tert-OH is 1. The quantitative estimate of drug-likeness (QED) is 0.552. The van der Waals surface area contributed by atoms with Crippen LogP contribution in [0.4, 0.5) is 0 Å². The second-order valence-corrected chi connectivity index (χ2v) is 4.67. The maximum atomic E-state index is 10.9. The molecular weight excluding hydrogens is 232 g/mol. The molecule has 0 radical (unpaired) electrons. The summed E-state index contributed by atoms with van der Waals surface area (Å²) in [5.74, 6) is 0. The van der Waals surface area contributed by atoms with E-state index in [-0.39, 0.29) is 6.04 Å². The van der Waals surface area contributed by atoms with Gasteiger partial charge < -0.3 is 14.7 Å². The lowest BCUT2D eigenvalue weighted by Gasteiger charge is -2.31. The summed E-state index contributed by atoms with van der Waals surface area (Å²) in [5.41, 5.74) is 0. The molecule has 1 amide bonds.